The summed E-state index contributed by atoms with van der Waals surface area (Å²) in [5.41, 5.74) is 0. The maximum atomic E-state index is 13.8. The van der Waals surface area contributed by atoms with Gasteiger partial charge in [-0.15, -0.1) is 0 Å². The lowest BCUT2D eigenvalue weighted by Gasteiger charge is -2.34. The van der Waals surface area contributed by atoms with Crippen LogP contribution in [0.15, 0.2) is 23.1 Å². The van der Waals surface area contributed by atoms with Crippen LogP contribution in [-0.2, 0) is 10.0 Å². The van der Waals surface area contributed by atoms with Crippen LogP contribution >= 0.6 is 0 Å². The summed E-state index contributed by atoms with van der Waals surface area (Å²) in [6, 6.07) is 3.11. The van der Waals surface area contributed by atoms with Crippen LogP contribution in [0.2, 0.25) is 0 Å². The third-order valence-electron chi connectivity index (χ3n) is 4.18. The van der Waals surface area contributed by atoms with Crippen LogP contribution in [0, 0.1) is 11.6 Å². The Morgan fingerprint density at radius 3 is 2.17 bits per heavy atom. The highest BCUT2D eigenvalue weighted by atomic mass is 32.2. The van der Waals surface area contributed by atoms with Gasteiger partial charge in [-0.1, -0.05) is 32.3 Å². The first-order chi connectivity index (χ1) is 11.0. The molecule has 2 rings (SSSR count). The van der Waals surface area contributed by atoms with Gasteiger partial charge in [0, 0.05) is 26.2 Å². The fourth-order valence-corrected chi connectivity index (χ4v) is 4.34. The number of rotatable bonds is 7. The molecule has 130 valence electrons. The summed E-state index contributed by atoms with van der Waals surface area (Å²) in [6.07, 6.45) is 4.67. The fraction of sp³-hybridized carbons (Fsp3) is 0.625. The van der Waals surface area contributed by atoms with Crippen molar-refractivity contribution in [2.75, 3.05) is 32.7 Å². The largest absolute Gasteiger partial charge is 0.301 e. The van der Waals surface area contributed by atoms with Crippen LogP contribution < -0.4 is 0 Å². The predicted molar refractivity (Wildman–Crippen MR) is 85.7 cm³/mol. The number of sulfonamides is 1. The van der Waals surface area contributed by atoms with Crippen LogP contribution in [0.4, 0.5) is 8.78 Å². The summed E-state index contributed by atoms with van der Waals surface area (Å²) in [7, 11) is -4.12. The van der Waals surface area contributed by atoms with Gasteiger partial charge in [-0.2, -0.15) is 4.31 Å². The maximum absolute atomic E-state index is 13.8. The summed E-state index contributed by atoms with van der Waals surface area (Å²) in [4.78, 5) is 1.37. The minimum Gasteiger partial charge on any atom is -0.301 e. The molecule has 0 N–H and O–H groups in total. The molecule has 0 radical (unpaired) electrons. The summed E-state index contributed by atoms with van der Waals surface area (Å²) in [6.45, 7) is 4.84. The van der Waals surface area contributed by atoms with Crippen molar-refractivity contribution in [2.24, 2.45) is 0 Å². The Morgan fingerprint density at radius 2 is 1.61 bits per heavy atom. The van der Waals surface area contributed by atoms with E-state index in [0.717, 1.165) is 31.2 Å². The molecule has 0 bridgehead atoms. The van der Waals surface area contributed by atoms with Crippen molar-refractivity contribution in [3.8, 4) is 0 Å². The summed E-state index contributed by atoms with van der Waals surface area (Å²) < 4.78 is 53.6. The number of hydrogen-bond acceptors (Lipinski definition) is 3. The number of piperazine rings is 1. The van der Waals surface area contributed by atoms with Crippen molar-refractivity contribution in [1.29, 1.82) is 0 Å². The van der Waals surface area contributed by atoms with Gasteiger partial charge in [-0.25, -0.2) is 17.2 Å². The Balaban J connectivity index is 1.96. The minimum absolute atomic E-state index is 0.268. The molecule has 7 heteroatoms. The minimum atomic E-state index is -4.12. The maximum Gasteiger partial charge on any atom is 0.249 e. The highest BCUT2D eigenvalue weighted by Crippen LogP contribution is 2.23. The van der Waals surface area contributed by atoms with Crippen LogP contribution in [-0.4, -0.2) is 50.3 Å². The molecule has 0 amide bonds. The van der Waals surface area contributed by atoms with Gasteiger partial charge >= 0.3 is 0 Å². The lowest BCUT2D eigenvalue weighted by Crippen LogP contribution is -2.49. The van der Waals surface area contributed by atoms with E-state index in [0.29, 0.717) is 13.1 Å². The van der Waals surface area contributed by atoms with E-state index in [1.54, 1.807) is 0 Å². The fourth-order valence-electron chi connectivity index (χ4n) is 2.81. The molecule has 1 heterocycles. The molecule has 4 nitrogen and oxygen atoms in total. The monoisotopic (exact) mass is 346 g/mol. The Kier molecular flexibility index (Phi) is 6.50. The molecule has 1 aromatic carbocycles. The van der Waals surface area contributed by atoms with Crippen molar-refractivity contribution in [2.45, 2.75) is 37.5 Å². The second-order valence-electron chi connectivity index (χ2n) is 5.86. The normalized spacial score (nSPS) is 17.5. The van der Waals surface area contributed by atoms with Gasteiger partial charge in [-0.3, -0.25) is 0 Å². The lowest BCUT2D eigenvalue weighted by molar-refractivity contribution is 0.185. The second kappa shape index (κ2) is 8.17. The molecule has 23 heavy (non-hydrogen) atoms. The molecule has 0 atom stereocenters. The molecule has 0 spiro atoms. The first kappa shape index (κ1) is 18.3. The number of halogens is 2. The summed E-state index contributed by atoms with van der Waals surface area (Å²) >= 11 is 0. The molecule has 1 aromatic rings. The first-order valence-corrected chi connectivity index (χ1v) is 9.57. The summed E-state index contributed by atoms with van der Waals surface area (Å²) in [5.74, 6) is -2.07. The zero-order chi connectivity index (χ0) is 16.9. The molecule has 1 aliphatic heterocycles. The molecule has 1 saturated heterocycles. The van der Waals surface area contributed by atoms with E-state index in [4.69, 9.17) is 0 Å². The van der Waals surface area contributed by atoms with Gasteiger partial charge in [0.15, 0.2) is 4.90 Å². The van der Waals surface area contributed by atoms with E-state index in [9.17, 15) is 17.2 Å². The van der Waals surface area contributed by atoms with Gasteiger partial charge in [0.25, 0.3) is 0 Å². The molecule has 0 aromatic heterocycles. The molecule has 0 unspecified atom stereocenters. The van der Waals surface area contributed by atoms with Gasteiger partial charge < -0.3 is 4.90 Å². The molecular formula is C16H24F2N2O2S. The third kappa shape index (κ3) is 4.49. The summed E-state index contributed by atoms with van der Waals surface area (Å²) in [5, 5.41) is 0. The number of unbranched alkanes of at least 4 members (excludes halogenated alkanes) is 3. The van der Waals surface area contributed by atoms with E-state index >= 15 is 0 Å². The van der Waals surface area contributed by atoms with E-state index in [1.165, 1.54) is 23.6 Å². The Bertz CT molecular complexity index is 594. The Morgan fingerprint density at radius 1 is 1.00 bits per heavy atom. The van der Waals surface area contributed by atoms with Crippen LogP contribution in [0.5, 0.6) is 0 Å². The van der Waals surface area contributed by atoms with Gasteiger partial charge in [0.05, 0.1) is 0 Å². The molecule has 1 fully saturated rings. The zero-order valence-electron chi connectivity index (χ0n) is 13.5. The molecule has 1 aliphatic rings. The van der Waals surface area contributed by atoms with Crippen molar-refractivity contribution < 1.29 is 17.2 Å². The average Bonchev–Trinajstić information content (AvgIpc) is 2.52. The third-order valence-corrected chi connectivity index (χ3v) is 6.13. The van der Waals surface area contributed by atoms with E-state index in [2.05, 4.69) is 11.8 Å². The Hall–Kier alpha value is -1.05. The smallest absolute Gasteiger partial charge is 0.249 e. The van der Waals surface area contributed by atoms with Crippen molar-refractivity contribution in [3.63, 3.8) is 0 Å². The van der Waals surface area contributed by atoms with Gasteiger partial charge in [0.2, 0.25) is 10.0 Å². The van der Waals surface area contributed by atoms with Crippen LogP contribution in [0.25, 0.3) is 0 Å². The SMILES string of the molecule is CCCCCCN1CCN(S(=O)(=O)c2c(F)cccc2F)CC1. The Labute approximate surface area is 137 Å². The van der Waals surface area contributed by atoms with Crippen LogP contribution in [0.3, 0.4) is 0 Å². The van der Waals surface area contributed by atoms with Crippen LogP contribution in [0.1, 0.15) is 32.6 Å². The van der Waals surface area contributed by atoms with E-state index in [1.807, 2.05) is 0 Å². The predicted octanol–water partition coefficient (Wildman–Crippen LogP) is 2.85. The van der Waals surface area contributed by atoms with Crippen molar-refractivity contribution in [3.05, 3.63) is 29.8 Å². The topological polar surface area (TPSA) is 40.6 Å². The molecular weight excluding hydrogens is 322 g/mol. The highest BCUT2D eigenvalue weighted by molar-refractivity contribution is 7.89. The average molecular weight is 346 g/mol. The lowest BCUT2D eigenvalue weighted by atomic mass is 10.2. The number of nitrogens with zero attached hydrogens (tertiary/aromatic N) is 2. The van der Waals surface area contributed by atoms with Crippen molar-refractivity contribution >= 4 is 10.0 Å². The second-order valence-corrected chi connectivity index (χ2v) is 7.73. The van der Waals surface area contributed by atoms with E-state index in [-0.39, 0.29) is 13.1 Å². The van der Waals surface area contributed by atoms with Gasteiger partial charge in [0.1, 0.15) is 11.6 Å². The number of hydrogen-bond donors (Lipinski definition) is 0. The molecule has 0 saturated carbocycles. The highest BCUT2D eigenvalue weighted by Gasteiger charge is 2.32. The van der Waals surface area contributed by atoms with Gasteiger partial charge in [-0.05, 0) is 25.1 Å². The number of benzene rings is 1. The first-order valence-electron chi connectivity index (χ1n) is 8.13. The quantitative estimate of drug-likeness (QED) is 0.713. The van der Waals surface area contributed by atoms with E-state index < -0.39 is 26.6 Å². The van der Waals surface area contributed by atoms with Crippen molar-refractivity contribution in [1.82, 2.24) is 9.21 Å². The standard InChI is InChI=1S/C16H24F2N2O2S/c1-2-3-4-5-9-19-10-12-20(13-11-19)23(21,22)16-14(17)7-6-8-15(16)18/h6-8H,2-5,9-13H2,1H3. The molecule has 0 aliphatic carbocycles. The zero-order valence-corrected chi connectivity index (χ0v) is 14.3.